The van der Waals surface area contributed by atoms with Crippen LogP contribution in [0.25, 0.3) is 0 Å². The lowest BCUT2D eigenvalue weighted by Gasteiger charge is -2.32. The Morgan fingerprint density at radius 1 is 1.13 bits per heavy atom. The van der Waals surface area contributed by atoms with Gasteiger partial charge >= 0.3 is 5.97 Å². The molecule has 1 aliphatic heterocycles. The highest BCUT2D eigenvalue weighted by Crippen LogP contribution is 2.17. The van der Waals surface area contributed by atoms with E-state index in [1.54, 1.807) is 0 Å². The van der Waals surface area contributed by atoms with Crippen molar-refractivity contribution in [2.24, 2.45) is 5.92 Å². The standard InChI is InChI=1S/C24H30N2O4/c1-3-29-24(28)20-10-7-15-26(16-20)18(2)23(27)25-21-11-13-22(14-12-21)30-17-19-8-5-4-6-9-19/h4-6,8-9,11-14,18,20H,3,7,10,15-17H2,1-2H3,(H,25,27)/p+1/t18-,20-/m0/s1. The van der Waals surface area contributed by atoms with E-state index in [1.807, 2.05) is 68.4 Å². The van der Waals surface area contributed by atoms with Crippen LogP contribution in [-0.2, 0) is 20.9 Å². The van der Waals surface area contributed by atoms with Crippen molar-refractivity contribution in [3.63, 3.8) is 0 Å². The molecule has 0 spiro atoms. The number of nitrogens with one attached hydrogen (secondary N) is 2. The fourth-order valence-electron chi connectivity index (χ4n) is 3.76. The highest BCUT2D eigenvalue weighted by molar-refractivity contribution is 5.93. The molecule has 0 aromatic heterocycles. The highest BCUT2D eigenvalue weighted by atomic mass is 16.5. The maximum atomic E-state index is 12.7. The minimum absolute atomic E-state index is 0.0486. The van der Waals surface area contributed by atoms with E-state index in [2.05, 4.69) is 5.32 Å². The van der Waals surface area contributed by atoms with Crippen molar-refractivity contribution in [2.45, 2.75) is 39.3 Å². The van der Waals surface area contributed by atoms with Gasteiger partial charge in [0, 0.05) is 5.69 Å². The Morgan fingerprint density at radius 2 is 1.87 bits per heavy atom. The molecule has 2 aromatic carbocycles. The lowest BCUT2D eigenvalue weighted by atomic mass is 9.97. The summed E-state index contributed by atoms with van der Waals surface area (Å²) in [5.41, 5.74) is 1.84. The SMILES string of the molecule is CCOC(=O)[C@H]1CCC[NH+]([C@@H](C)C(=O)Nc2ccc(OCc3ccccc3)cc2)C1. The van der Waals surface area contributed by atoms with E-state index in [9.17, 15) is 9.59 Å². The van der Waals surface area contributed by atoms with Gasteiger partial charge in [-0.25, -0.2) is 0 Å². The van der Waals surface area contributed by atoms with Crippen molar-refractivity contribution in [1.29, 1.82) is 0 Å². The average Bonchev–Trinajstić information content (AvgIpc) is 2.79. The van der Waals surface area contributed by atoms with Crippen LogP contribution in [0.4, 0.5) is 5.69 Å². The lowest BCUT2D eigenvalue weighted by molar-refractivity contribution is -0.921. The van der Waals surface area contributed by atoms with Gasteiger partial charge in [0.2, 0.25) is 0 Å². The zero-order chi connectivity index (χ0) is 21.3. The van der Waals surface area contributed by atoms with Gasteiger partial charge in [-0.05, 0) is 56.5 Å². The molecule has 1 fully saturated rings. The van der Waals surface area contributed by atoms with E-state index in [4.69, 9.17) is 9.47 Å². The summed E-state index contributed by atoms with van der Waals surface area (Å²) in [7, 11) is 0. The number of hydrogen-bond acceptors (Lipinski definition) is 4. The number of likely N-dealkylation sites (tertiary alicyclic amines) is 1. The van der Waals surface area contributed by atoms with Crippen LogP contribution in [-0.4, -0.2) is 37.6 Å². The number of amides is 1. The first-order valence-corrected chi connectivity index (χ1v) is 10.7. The van der Waals surface area contributed by atoms with E-state index in [0.717, 1.165) is 41.3 Å². The van der Waals surface area contributed by atoms with E-state index in [-0.39, 0.29) is 23.8 Å². The van der Waals surface area contributed by atoms with Crippen molar-refractivity contribution in [3.05, 3.63) is 60.2 Å². The number of quaternary nitrogens is 1. The minimum atomic E-state index is -0.240. The quantitative estimate of drug-likeness (QED) is 0.655. The van der Waals surface area contributed by atoms with E-state index in [1.165, 1.54) is 0 Å². The van der Waals surface area contributed by atoms with Gasteiger partial charge in [0.05, 0.1) is 19.7 Å². The van der Waals surface area contributed by atoms with Crippen molar-refractivity contribution in [2.75, 3.05) is 25.0 Å². The summed E-state index contributed by atoms with van der Waals surface area (Å²) in [6, 6.07) is 17.1. The van der Waals surface area contributed by atoms with E-state index in [0.29, 0.717) is 19.8 Å². The molecule has 2 aromatic rings. The Labute approximate surface area is 178 Å². The van der Waals surface area contributed by atoms with Crippen LogP contribution in [0.3, 0.4) is 0 Å². The van der Waals surface area contributed by atoms with Crippen LogP contribution in [0.5, 0.6) is 5.75 Å². The van der Waals surface area contributed by atoms with Crippen LogP contribution in [0.2, 0.25) is 0 Å². The summed E-state index contributed by atoms with van der Waals surface area (Å²) >= 11 is 0. The molecule has 1 heterocycles. The van der Waals surface area contributed by atoms with Crippen LogP contribution < -0.4 is 15.0 Å². The third-order valence-corrected chi connectivity index (χ3v) is 5.55. The van der Waals surface area contributed by atoms with E-state index >= 15 is 0 Å². The molecule has 0 radical (unpaired) electrons. The Kier molecular flexibility index (Phi) is 7.85. The van der Waals surface area contributed by atoms with Gasteiger partial charge in [0.15, 0.2) is 6.04 Å². The summed E-state index contributed by atoms with van der Waals surface area (Å²) in [5, 5.41) is 2.98. The monoisotopic (exact) mass is 411 g/mol. The molecule has 1 unspecified atom stereocenters. The number of esters is 1. The van der Waals surface area contributed by atoms with Crippen molar-refractivity contribution in [3.8, 4) is 5.75 Å². The number of rotatable bonds is 8. The molecule has 6 nitrogen and oxygen atoms in total. The average molecular weight is 412 g/mol. The molecule has 3 atom stereocenters. The minimum Gasteiger partial charge on any atom is -0.489 e. The molecule has 3 rings (SSSR count). The van der Waals surface area contributed by atoms with Crippen LogP contribution in [0.15, 0.2) is 54.6 Å². The molecule has 1 amide bonds. The maximum Gasteiger partial charge on any atom is 0.314 e. The lowest BCUT2D eigenvalue weighted by Crippen LogP contribution is -3.18. The third kappa shape index (κ3) is 6.07. The summed E-state index contributed by atoms with van der Waals surface area (Å²) < 4.78 is 10.9. The fraction of sp³-hybridized carbons (Fsp3) is 0.417. The van der Waals surface area contributed by atoms with Crippen molar-refractivity contribution in [1.82, 2.24) is 0 Å². The van der Waals surface area contributed by atoms with E-state index < -0.39 is 0 Å². The number of carbonyl (C=O) groups is 2. The van der Waals surface area contributed by atoms with Gasteiger partial charge in [-0.1, -0.05) is 30.3 Å². The predicted octanol–water partition coefficient (Wildman–Crippen LogP) is 2.45. The largest absolute Gasteiger partial charge is 0.489 e. The van der Waals surface area contributed by atoms with Crippen molar-refractivity contribution >= 4 is 17.6 Å². The number of hydrogen-bond donors (Lipinski definition) is 2. The smallest absolute Gasteiger partial charge is 0.314 e. The molecule has 2 N–H and O–H groups in total. The number of ether oxygens (including phenoxy) is 2. The first-order chi connectivity index (χ1) is 14.6. The number of piperidine rings is 1. The fourth-order valence-corrected chi connectivity index (χ4v) is 3.76. The second kappa shape index (κ2) is 10.8. The molecular weight excluding hydrogens is 380 g/mol. The van der Waals surface area contributed by atoms with Gasteiger partial charge in [-0.15, -0.1) is 0 Å². The molecule has 6 heteroatoms. The number of anilines is 1. The molecule has 30 heavy (non-hydrogen) atoms. The van der Waals surface area contributed by atoms with Crippen LogP contribution >= 0.6 is 0 Å². The Hall–Kier alpha value is -2.86. The molecule has 160 valence electrons. The van der Waals surface area contributed by atoms with Crippen LogP contribution in [0, 0.1) is 5.92 Å². The van der Waals surface area contributed by atoms with Gasteiger partial charge in [0.1, 0.15) is 18.3 Å². The van der Waals surface area contributed by atoms with Gasteiger partial charge < -0.3 is 19.7 Å². The first kappa shape index (κ1) is 21.8. The third-order valence-electron chi connectivity index (χ3n) is 5.55. The molecule has 1 aliphatic rings. The summed E-state index contributed by atoms with van der Waals surface area (Å²) in [6.07, 6.45) is 1.75. The molecule has 0 aliphatic carbocycles. The zero-order valence-corrected chi connectivity index (χ0v) is 17.7. The molecule has 0 saturated carbocycles. The topological polar surface area (TPSA) is 69.1 Å². The van der Waals surface area contributed by atoms with Gasteiger partial charge in [-0.3, -0.25) is 9.59 Å². The summed E-state index contributed by atoms with van der Waals surface area (Å²) in [6.45, 7) is 6.15. The summed E-state index contributed by atoms with van der Waals surface area (Å²) in [5.74, 6) is 0.440. The first-order valence-electron chi connectivity index (χ1n) is 10.7. The maximum absolute atomic E-state index is 12.7. The van der Waals surface area contributed by atoms with Gasteiger partial charge in [-0.2, -0.15) is 0 Å². The van der Waals surface area contributed by atoms with Crippen molar-refractivity contribution < 1.29 is 24.0 Å². The molecule has 1 saturated heterocycles. The predicted molar refractivity (Wildman–Crippen MR) is 115 cm³/mol. The number of carbonyl (C=O) groups excluding carboxylic acids is 2. The normalized spacial score (nSPS) is 19.5. The summed E-state index contributed by atoms with van der Waals surface area (Å²) in [4.78, 5) is 25.9. The van der Waals surface area contributed by atoms with Gasteiger partial charge in [0.25, 0.3) is 5.91 Å². The number of benzene rings is 2. The molecular formula is C24H31N2O4+. The highest BCUT2D eigenvalue weighted by Gasteiger charge is 2.34. The Morgan fingerprint density at radius 3 is 2.57 bits per heavy atom. The Balaban J connectivity index is 1.50. The second-order valence-corrected chi connectivity index (χ2v) is 7.71. The Bertz CT molecular complexity index is 823. The second-order valence-electron chi connectivity index (χ2n) is 7.71. The zero-order valence-electron chi connectivity index (χ0n) is 17.7. The van der Waals surface area contributed by atoms with Crippen LogP contribution in [0.1, 0.15) is 32.3 Å². The molecule has 0 bridgehead atoms.